The van der Waals surface area contributed by atoms with Crippen molar-refractivity contribution in [2.24, 2.45) is 5.73 Å². The summed E-state index contributed by atoms with van der Waals surface area (Å²) in [7, 11) is 2.16. The largest absolute Gasteiger partial charge is 0.329 e. The van der Waals surface area contributed by atoms with Crippen molar-refractivity contribution in [2.45, 2.75) is 12.6 Å². The van der Waals surface area contributed by atoms with E-state index in [2.05, 4.69) is 34.0 Å². The number of nitrogens with zero attached hydrogens (tertiary/aromatic N) is 3. The van der Waals surface area contributed by atoms with Crippen LogP contribution < -0.4 is 5.73 Å². The normalized spacial score (nSPS) is 23.5. The number of hydrogen-bond acceptors (Lipinski definition) is 4. The van der Waals surface area contributed by atoms with Crippen LogP contribution in [0.2, 0.25) is 0 Å². The molecule has 1 aliphatic heterocycles. The molecule has 1 aliphatic rings. The minimum atomic E-state index is 0.479. The standard InChI is InChI=1S/C12H20N4/c1-15-6-7-16(12(8-13)10-15)9-11-2-4-14-5-3-11/h2-5,12H,6-10,13H2,1H3. The molecule has 2 rings (SSSR count). The maximum atomic E-state index is 5.83. The molecule has 0 spiro atoms. The number of aromatic nitrogens is 1. The number of likely N-dealkylation sites (N-methyl/N-ethyl adjacent to an activating group) is 1. The van der Waals surface area contributed by atoms with Gasteiger partial charge in [0.15, 0.2) is 0 Å². The second-order valence-electron chi connectivity index (χ2n) is 4.48. The highest BCUT2D eigenvalue weighted by molar-refractivity contribution is 5.10. The van der Waals surface area contributed by atoms with Crippen LogP contribution in [0.4, 0.5) is 0 Å². The Bertz CT molecular complexity index is 314. The second-order valence-corrected chi connectivity index (χ2v) is 4.48. The molecule has 0 amide bonds. The molecule has 1 aromatic rings. The van der Waals surface area contributed by atoms with Gasteiger partial charge >= 0.3 is 0 Å². The Kier molecular flexibility index (Phi) is 3.88. The number of nitrogens with two attached hydrogens (primary N) is 1. The lowest BCUT2D eigenvalue weighted by Crippen LogP contribution is -2.54. The van der Waals surface area contributed by atoms with E-state index >= 15 is 0 Å². The predicted molar refractivity (Wildman–Crippen MR) is 65.0 cm³/mol. The fourth-order valence-corrected chi connectivity index (χ4v) is 2.20. The van der Waals surface area contributed by atoms with Crippen molar-refractivity contribution in [3.8, 4) is 0 Å². The summed E-state index contributed by atoms with van der Waals surface area (Å²) in [5.74, 6) is 0. The molecule has 4 heteroatoms. The summed E-state index contributed by atoms with van der Waals surface area (Å²) in [6, 6.07) is 4.63. The van der Waals surface area contributed by atoms with Gasteiger partial charge in [-0.2, -0.15) is 0 Å². The first-order valence-electron chi connectivity index (χ1n) is 5.81. The predicted octanol–water partition coefficient (Wildman–Crippen LogP) is 0.156. The number of rotatable bonds is 3. The van der Waals surface area contributed by atoms with Gasteiger partial charge in [0.05, 0.1) is 0 Å². The second kappa shape index (κ2) is 5.39. The summed E-state index contributed by atoms with van der Waals surface area (Å²) >= 11 is 0. The summed E-state index contributed by atoms with van der Waals surface area (Å²) in [5.41, 5.74) is 7.15. The summed E-state index contributed by atoms with van der Waals surface area (Å²) < 4.78 is 0. The van der Waals surface area contributed by atoms with Crippen LogP contribution in [0.25, 0.3) is 0 Å². The average molecular weight is 220 g/mol. The zero-order valence-corrected chi connectivity index (χ0v) is 9.84. The van der Waals surface area contributed by atoms with Crippen molar-refractivity contribution < 1.29 is 0 Å². The first kappa shape index (κ1) is 11.5. The Balaban J connectivity index is 1.98. The van der Waals surface area contributed by atoms with Crippen LogP contribution in [-0.2, 0) is 6.54 Å². The minimum Gasteiger partial charge on any atom is -0.329 e. The summed E-state index contributed by atoms with van der Waals surface area (Å²) in [6.45, 7) is 5.01. The maximum absolute atomic E-state index is 5.83. The van der Waals surface area contributed by atoms with Crippen LogP contribution in [0.15, 0.2) is 24.5 Å². The summed E-state index contributed by atoms with van der Waals surface area (Å²) in [6.07, 6.45) is 3.70. The van der Waals surface area contributed by atoms with E-state index in [4.69, 9.17) is 5.73 Å². The first-order chi connectivity index (χ1) is 7.79. The third-order valence-corrected chi connectivity index (χ3v) is 3.21. The van der Waals surface area contributed by atoms with E-state index in [9.17, 15) is 0 Å². The summed E-state index contributed by atoms with van der Waals surface area (Å²) in [4.78, 5) is 8.85. The average Bonchev–Trinajstić information content (AvgIpc) is 2.33. The molecule has 0 aromatic carbocycles. The van der Waals surface area contributed by atoms with E-state index in [1.165, 1.54) is 5.56 Å². The highest BCUT2D eigenvalue weighted by Gasteiger charge is 2.23. The maximum Gasteiger partial charge on any atom is 0.0349 e. The van der Waals surface area contributed by atoms with E-state index in [0.29, 0.717) is 6.04 Å². The minimum absolute atomic E-state index is 0.479. The molecule has 1 fully saturated rings. The molecule has 1 aromatic heterocycles. The van der Waals surface area contributed by atoms with Crippen molar-refractivity contribution in [3.05, 3.63) is 30.1 Å². The van der Waals surface area contributed by atoms with Crippen molar-refractivity contribution in [3.63, 3.8) is 0 Å². The summed E-state index contributed by atoms with van der Waals surface area (Å²) in [5, 5.41) is 0. The van der Waals surface area contributed by atoms with Gasteiger partial charge in [-0.25, -0.2) is 0 Å². The van der Waals surface area contributed by atoms with E-state index < -0.39 is 0 Å². The van der Waals surface area contributed by atoms with E-state index in [1.54, 1.807) is 0 Å². The van der Waals surface area contributed by atoms with Crippen molar-refractivity contribution in [2.75, 3.05) is 33.2 Å². The van der Waals surface area contributed by atoms with Gasteiger partial charge in [-0.1, -0.05) is 0 Å². The molecule has 88 valence electrons. The zero-order chi connectivity index (χ0) is 11.4. The highest BCUT2D eigenvalue weighted by atomic mass is 15.3. The van der Waals surface area contributed by atoms with Gasteiger partial charge in [-0.3, -0.25) is 9.88 Å². The Morgan fingerprint density at radius 3 is 2.81 bits per heavy atom. The van der Waals surface area contributed by atoms with Gasteiger partial charge in [-0.15, -0.1) is 0 Å². The van der Waals surface area contributed by atoms with Gasteiger partial charge in [0.2, 0.25) is 0 Å². The van der Waals surface area contributed by atoms with E-state index in [-0.39, 0.29) is 0 Å². The molecule has 0 saturated carbocycles. The fourth-order valence-electron chi connectivity index (χ4n) is 2.20. The molecule has 0 bridgehead atoms. The third-order valence-electron chi connectivity index (χ3n) is 3.21. The van der Waals surface area contributed by atoms with Gasteiger partial charge in [-0.05, 0) is 24.7 Å². The van der Waals surface area contributed by atoms with Crippen molar-refractivity contribution in [1.29, 1.82) is 0 Å². The molecule has 1 saturated heterocycles. The van der Waals surface area contributed by atoms with E-state index in [0.717, 1.165) is 32.7 Å². The lowest BCUT2D eigenvalue weighted by Gasteiger charge is -2.39. The number of hydrogen-bond donors (Lipinski definition) is 1. The molecule has 16 heavy (non-hydrogen) atoms. The molecule has 1 unspecified atom stereocenters. The zero-order valence-electron chi connectivity index (χ0n) is 9.84. The molecule has 4 nitrogen and oxygen atoms in total. The first-order valence-corrected chi connectivity index (χ1v) is 5.81. The van der Waals surface area contributed by atoms with Crippen LogP contribution in [-0.4, -0.2) is 54.1 Å². The van der Waals surface area contributed by atoms with Crippen molar-refractivity contribution >= 4 is 0 Å². The lowest BCUT2D eigenvalue weighted by molar-refractivity contribution is 0.0881. The Morgan fingerprint density at radius 2 is 2.12 bits per heavy atom. The Hall–Kier alpha value is -0.970. The van der Waals surface area contributed by atoms with Gasteiger partial charge in [0.25, 0.3) is 0 Å². The van der Waals surface area contributed by atoms with E-state index in [1.807, 2.05) is 12.4 Å². The Morgan fingerprint density at radius 1 is 1.38 bits per heavy atom. The molecule has 1 atom stereocenters. The topological polar surface area (TPSA) is 45.4 Å². The molecular formula is C12H20N4. The lowest BCUT2D eigenvalue weighted by atomic mass is 10.1. The van der Waals surface area contributed by atoms with Gasteiger partial charge in [0, 0.05) is 51.2 Å². The molecular weight excluding hydrogens is 200 g/mol. The molecule has 2 heterocycles. The smallest absolute Gasteiger partial charge is 0.0349 e. The fraction of sp³-hybridized carbons (Fsp3) is 0.583. The molecule has 0 radical (unpaired) electrons. The third kappa shape index (κ3) is 2.78. The van der Waals surface area contributed by atoms with Crippen LogP contribution in [0.1, 0.15) is 5.56 Å². The number of piperazine rings is 1. The van der Waals surface area contributed by atoms with Gasteiger partial charge < -0.3 is 10.6 Å². The Labute approximate surface area is 97.1 Å². The molecule has 0 aliphatic carbocycles. The van der Waals surface area contributed by atoms with Crippen LogP contribution in [0.3, 0.4) is 0 Å². The van der Waals surface area contributed by atoms with Crippen LogP contribution in [0.5, 0.6) is 0 Å². The SMILES string of the molecule is CN1CCN(Cc2ccncc2)C(CN)C1. The number of pyridine rings is 1. The van der Waals surface area contributed by atoms with Crippen LogP contribution in [0, 0.1) is 0 Å². The van der Waals surface area contributed by atoms with Gasteiger partial charge in [0.1, 0.15) is 0 Å². The monoisotopic (exact) mass is 220 g/mol. The van der Waals surface area contributed by atoms with Crippen LogP contribution >= 0.6 is 0 Å². The quantitative estimate of drug-likeness (QED) is 0.788. The molecule has 2 N–H and O–H groups in total. The van der Waals surface area contributed by atoms with Crippen molar-refractivity contribution in [1.82, 2.24) is 14.8 Å². The highest BCUT2D eigenvalue weighted by Crippen LogP contribution is 2.11.